The summed E-state index contributed by atoms with van der Waals surface area (Å²) in [7, 11) is 0. The molecule has 0 heterocycles. The average molecular weight is 857 g/mol. The topological polar surface area (TPSA) is 119 Å². The van der Waals surface area contributed by atoms with Gasteiger partial charge in [0, 0.05) is 12.8 Å². The van der Waals surface area contributed by atoms with Gasteiger partial charge in [0.2, 0.25) is 5.91 Å². The summed E-state index contributed by atoms with van der Waals surface area (Å²) in [6.45, 7) is 4.70. The van der Waals surface area contributed by atoms with Gasteiger partial charge in [0.15, 0.2) is 0 Å². The Morgan fingerprint density at radius 2 is 0.871 bits per heavy atom. The maximum absolute atomic E-state index is 12.9. The first kappa shape index (κ1) is 57.8. The molecule has 0 aromatic rings. The standard InChI is InChI=1S/C55H88N2O5/c1-3-5-7-9-11-13-15-17-18-19-20-21-22-23-24-25-26-28-30-32-34-39-43-49-54(59)62-51(45-40-36-33-31-29-27-16-14-12-10-8-6-4-2)46-41-37-35-38-42-48-53(58)57-52(55(60)61)47-44-50-56/h5-8,11-14,17-18,20-21,23-24,26-29,33,36,51-52H,3-4,9-10,15-16,19,22,25,30-32,34-35,37-50,56H2,1-2H3,(H,57,58)(H,60,61)/b7-5-,8-6-,13-11-,14-12-,18-17-,21-20-,24-23-,28-26-,29-27-,36-33-. The van der Waals surface area contributed by atoms with E-state index in [1.54, 1.807) is 0 Å². The van der Waals surface area contributed by atoms with Crippen molar-refractivity contribution in [2.75, 3.05) is 6.54 Å². The van der Waals surface area contributed by atoms with Gasteiger partial charge in [0.1, 0.15) is 12.1 Å². The molecule has 0 saturated carbocycles. The van der Waals surface area contributed by atoms with E-state index in [1.165, 1.54) is 0 Å². The Morgan fingerprint density at radius 3 is 1.34 bits per heavy atom. The molecule has 0 aliphatic rings. The monoisotopic (exact) mass is 857 g/mol. The van der Waals surface area contributed by atoms with Gasteiger partial charge in [0.25, 0.3) is 0 Å². The molecular formula is C55H88N2O5. The van der Waals surface area contributed by atoms with Gasteiger partial charge < -0.3 is 20.9 Å². The number of carbonyl (C=O) groups is 3. The molecule has 0 saturated heterocycles. The van der Waals surface area contributed by atoms with E-state index >= 15 is 0 Å². The minimum Gasteiger partial charge on any atom is -0.480 e. The van der Waals surface area contributed by atoms with E-state index in [0.717, 1.165) is 148 Å². The summed E-state index contributed by atoms with van der Waals surface area (Å²) in [5.74, 6) is -1.33. The number of aliphatic carboxylic acids is 1. The second-order valence-corrected chi connectivity index (χ2v) is 15.8. The normalized spacial score (nSPS) is 13.7. The Balaban J connectivity index is 4.44. The number of amides is 1. The molecule has 7 heteroatoms. The number of nitrogens with one attached hydrogen (secondary N) is 1. The van der Waals surface area contributed by atoms with E-state index in [9.17, 15) is 19.5 Å². The molecule has 0 aliphatic carbocycles. The van der Waals surface area contributed by atoms with Gasteiger partial charge in [-0.1, -0.05) is 167 Å². The molecule has 0 radical (unpaired) electrons. The molecule has 7 nitrogen and oxygen atoms in total. The zero-order valence-electron chi connectivity index (χ0n) is 39.2. The lowest BCUT2D eigenvalue weighted by molar-refractivity contribution is -0.150. The Kier molecular flexibility index (Phi) is 44.6. The third-order valence-corrected chi connectivity index (χ3v) is 10.0. The molecular weight excluding hydrogens is 769 g/mol. The molecule has 0 aromatic carbocycles. The first-order valence-electron chi connectivity index (χ1n) is 24.4. The third kappa shape index (κ3) is 43.8. The highest BCUT2D eigenvalue weighted by Gasteiger charge is 2.19. The van der Waals surface area contributed by atoms with E-state index in [4.69, 9.17) is 10.5 Å². The van der Waals surface area contributed by atoms with E-state index < -0.39 is 12.0 Å². The van der Waals surface area contributed by atoms with Crippen LogP contribution in [0.2, 0.25) is 0 Å². The van der Waals surface area contributed by atoms with Crippen molar-refractivity contribution in [2.24, 2.45) is 5.73 Å². The quantitative estimate of drug-likeness (QED) is 0.0320. The smallest absolute Gasteiger partial charge is 0.326 e. The van der Waals surface area contributed by atoms with Crippen molar-refractivity contribution < 1.29 is 24.2 Å². The summed E-state index contributed by atoms with van der Waals surface area (Å²) >= 11 is 0. The van der Waals surface area contributed by atoms with Gasteiger partial charge in [-0.25, -0.2) is 4.79 Å². The van der Waals surface area contributed by atoms with Crippen LogP contribution in [0.3, 0.4) is 0 Å². The Bertz CT molecular complexity index is 1380. The minimum atomic E-state index is -1.02. The number of allylic oxidation sites excluding steroid dienone is 20. The van der Waals surface area contributed by atoms with Crippen molar-refractivity contribution in [3.8, 4) is 0 Å². The highest BCUT2D eigenvalue weighted by molar-refractivity contribution is 5.83. The second kappa shape index (κ2) is 47.8. The fraction of sp³-hybridized carbons (Fsp3) is 0.582. The molecule has 2 unspecified atom stereocenters. The fourth-order valence-corrected chi connectivity index (χ4v) is 6.45. The summed E-state index contributed by atoms with van der Waals surface area (Å²) in [4.78, 5) is 36.5. The number of ether oxygens (including phenoxy) is 1. The largest absolute Gasteiger partial charge is 0.480 e. The number of hydrogen-bond donors (Lipinski definition) is 3. The molecule has 0 aromatic heterocycles. The highest BCUT2D eigenvalue weighted by atomic mass is 16.5. The molecule has 1 amide bonds. The SMILES string of the molecule is CC/C=C\C/C=C\C/C=C\C/C=C\C/C=C\C/C=C\CCCCCCC(=O)OC(CC/C=C\C/C=C\C/C=C\C/C=C\CC)CCCCCCCC(=O)NC(CCCN)C(=O)O. The van der Waals surface area contributed by atoms with Crippen LogP contribution in [-0.4, -0.2) is 41.6 Å². The fourth-order valence-electron chi connectivity index (χ4n) is 6.45. The first-order valence-corrected chi connectivity index (χ1v) is 24.4. The number of nitrogens with two attached hydrogens (primary N) is 1. The predicted molar refractivity (Wildman–Crippen MR) is 266 cm³/mol. The molecule has 0 bridgehead atoms. The van der Waals surface area contributed by atoms with E-state index in [0.29, 0.717) is 32.2 Å². The van der Waals surface area contributed by atoms with Crippen LogP contribution in [0.5, 0.6) is 0 Å². The summed E-state index contributed by atoms with van der Waals surface area (Å²) in [5.41, 5.74) is 5.49. The number of unbranched alkanes of at least 4 members (excludes halogenated alkanes) is 8. The molecule has 0 aliphatic heterocycles. The van der Waals surface area contributed by atoms with Gasteiger partial charge in [-0.05, 0) is 135 Å². The molecule has 4 N–H and O–H groups in total. The number of rotatable bonds is 42. The lowest BCUT2D eigenvalue weighted by atomic mass is 10.0. The maximum atomic E-state index is 12.9. The molecule has 0 rings (SSSR count). The van der Waals surface area contributed by atoms with Crippen molar-refractivity contribution in [3.63, 3.8) is 0 Å². The number of hydrogen-bond acceptors (Lipinski definition) is 5. The Morgan fingerprint density at radius 1 is 0.468 bits per heavy atom. The molecule has 62 heavy (non-hydrogen) atoms. The van der Waals surface area contributed by atoms with Gasteiger partial charge in [-0.3, -0.25) is 9.59 Å². The molecule has 348 valence electrons. The van der Waals surface area contributed by atoms with E-state index in [-0.39, 0.29) is 18.0 Å². The van der Waals surface area contributed by atoms with Crippen molar-refractivity contribution in [1.29, 1.82) is 0 Å². The Hall–Kier alpha value is -4.23. The van der Waals surface area contributed by atoms with Crippen LogP contribution in [0.25, 0.3) is 0 Å². The van der Waals surface area contributed by atoms with Crippen molar-refractivity contribution in [1.82, 2.24) is 5.32 Å². The van der Waals surface area contributed by atoms with Crippen LogP contribution in [0.4, 0.5) is 0 Å². The predicted octanol–water partition coefficient (Wildman–Crippen LogP) is 14.6. The van der Waals surface area contributed by atoms with Crippen molar-refractivity contribution >= 4 is 17.8 Å². The highest BCUT2D eigenvalue weighted by Crippen LogP contribution is 2.17. The molecule has 0 spiro atoms. The summed E-state index contributed by atoms with van der Waals surface area (Å²) in [6.07, 6.45) is 68.2. The lowest BCUT2D eigenvalue weighted by Crippen LogP contribution is -2.40. The summed E-state index contributed by atoms with van der Waals surface area (Å²) in [6, 6.07) is -0.874. The molecule has 2 atom stereocenters. The van der Waals surface area contributed by atoms with E-state index in [2.05, 4.69) is 141 Å². The van der Waals surface area contributed by atoms with Crippen LogP contribution in [0, 0.1) is 0 Å². The van der Waals surface area contributed by atoms with E-state index in [1.807, 2.05) is 0 Å². The average Bonchev–Trinajstić information content (AvgIpc) is 3.26. The summed E-state index contributed by atoms with van der Waals surface area (Å²) in [5, 5.41) is 12.0. The summed E-state index contributed by atoms with van der Waals surface area (Å²) < 4.78 is 6.01. The maximum Gasteiger partial charge on any atom is 0.326 e. The van der Waals surface area contributed by atoms with Gasteiger partial charge in [0.05, 0.1) is 0 Å². The number of esters is 1. The van der Waals surface area contributed by atoms with Crippen LogP contribution in [0.1, 0.15) is 187 Å². The minimum absolute atomic E-state index is 0.0880. The van der Waals surface area contributed by atoms with Crippen LogP contribution in [-0.2, 0) is 19.1 Å². The number of carboxylic acid groups (broad SMARTS) is 1. The van der Waals surface area contributed by atoms with Crippen molar-refractivity contribution in [3.05, 3.63) is 122 Å². The van der Waals surface area contributed by atoms with Crippen LogP contribution in [0.15, 0.2) is 122 Å². The van der Waals surface area contributed by atoms with Gasteiger partial charge in [-0.2, -0.15) is 0 Å². The molecule has 0 fully saturated rings. The second-order valence-electron chi connectivity index (χ2n) is 15.8. The lowest BCUT2D eigenvalue weighted by Gasteiger charge is -2.17. The first-order chi connectivity index (χ1) is 30.4. The van der Waals surface area contributed by atoms with Crippen molar-refractivity contribution in [2.45, 2.75) is 199 Å². The van der Waals surface area contributed by atoms with Crippen LogP contribution >= 0.6 is 0 Å². The third-order valence-electron chi connectivity index (χ3n) is 10.0. The van der Waals surface area contributed by atoms with Crippen LogP contribution < -0.4 is 11.1 Å². The van der Waals surface area contributed by atoms with Gasteiger partial charge >= 0.3 is 11.9 Å². The zero-order chi connectivity index (χ0) is 45.2. The zero-order valence-corrected chi connectivity index (χ0v) is 39.2. The Labute approximate surface area is 379 Å². The number of carbonyl (C=O) groups excluding carboxylic acids is 2. The number of carboxylic acids is 1. The van der Waals surface area contributed by atoms with Gasteiger partial charge in [-0.15, -0.1) is 0 Å².